The number of aliphatic imine (C=N–C) groups is 1. The fraction of sp³-hybridized carbons (Fsp3) is 0.650. The summed E-state index contributed by atoms with van der Waals surface area (Å²) >= 11 is 0. The van der Waals surface area contributed by atoms with Gasteiger partial charge in [-0.3, -0.25) is 4.90 Å². The number of ether oxygens (including phenoxy) is 1. The largest absolute Gasteiger partial charge is 0.379 e. The number of nitrogens with zero attached hydrogens (tertiary/aromatic N) is 2. The van der Waals surface area contributed by atoms with E-state index >= 15 is 0 Å². The Balaban J connectivity index is 1.93. The average molecular weight is 347 g/mol. The fourth-order valence-corrected chi connectivity index (χ4v) is 3.16. The molecule has 5 nitrogen and oxygen atoms in total. The predicted octanol–water partition coefficient (Wildman–Crippen LogP) is 2.49. The van der Waals surface area contributed by atoms with Gasteiger partial charge in [-0.15, -0.1) is 0 Å². The molecule has 0 aliphatic carbocycles. The highest BCUT2D eigenvalue weighted by Crippen LogP contribution is 2.13. The normalized spacial score (nSPS) is 17.5. The minimum absolute atomic E-state index is 0.518. The van der Waals surface area contributed by atoms with Crippen LogP contribution < -0.4 is 10.6 Å². The summed E-state index contributed by atoms with van der Waals surface area (Å²) in [6.07, 6.45) is 1.19. The molecular formula is C20H34N4O. The van der Waals surface area contributed by atoms with Gasteiger partial charge in [0.1, 0.15) is 0 Å². The Bertz CT molecular complexity index is 498. The summed E-state index contributed by atoms with van der Waals surface area (Å²) in [5.74, 6) is 1.58. The van der Waals surface area contributed by atoms with Crippen LogP contribution in [0.3, 0.4) is 0 Å². The minimum atomic E-state index is 0.518. The molecule has 5 heteroatoms. The standard InChI is InChI=1S/C20H34N4O/c1-4-21-20(22-15-18-8-6-5-7-9-18)23-16-19(14-17(2)3)24-10-12-25-13-11-24/h5-9,17,19H,4,10-16H2,1-3H3,(H2,21,22,23). The third-order valence-electron chi connectivity index (χ3n) is 4.42. The Morgan fingerprint density at radius 3 is 2.52 bits per heavy atom. The summed E-state index contributed by atoms with van der Waals surface area (Å²) in [6, 6.07) is 10.9. The van der Waals surface area contributed by atoms with E-state index in [4.69, 9.17) is 9.73 Å². The number of hydrogen-bond acceptors (Lipinski definition) is 3. The summed E-state index contributed by atoms with van der Waals surface area (Å²) in [7, 11) is 0. The maximum Gasteiger partial charge on any atom is 0.191 e. The molecule has 1 aromatic carbocycles. The summed E-state index contributed by atoms with van der Waals surface area (Å²) in [4.78, 5) is 7.28. The second-order valence-corrected chi connectivity index (χ2v) is 6.99. The molecule has 0 amide bonds. The van der Waals surface area contributed by atoms with Crippen molar-refractivity contribution in [3.63, 3.8) is 0 Å². The van der Waals surface area contributed by atoms with Crippen LogP contribution in [0, 0.1) is 5.92 Å². The van der Waals surface area contributed by atoms with Crippen LogP contribution in [-0.4, -0.2) is 56.3 Å². The zero-order chi connectivity index (χ0) is 17.9. The van der Waals surface area contributed by atoms with Crippen LogP contribution in [0.2, 0.25) is 0 Å². The van der Waals surface area contributed by atoms with Gasteiger partial charge in [-0.05, 0) is 24.8 Å². The highest BCUT2D eigenvalue weighted by atomic mass is 16.5. The Morgan fingerprint density at radius 1 is 1.16 bits per heavy atom. The van der Waals surface area contributed by atoms with Gasteiger partial charge in [-0.25, -0.2) is 4.99 Å². The van der Waals surface area contributed by atoms with Crippen LogP contribution in [-0.2, 0) is 11.3 Å². The SMILES string of the molecule is CCNC(=NCc1ccccc1)NCC(CC(C)C)N1CCOCC1. The van der Waals surface area contributed by atoms with Gasteiger partial charge in [0.2, 0.25) is 0 Å². The molecule has 1 aliphatic heterocycles. The quantitative estimate of drug-likeness (QED) is 0.561. The van der Waals surface area contributed by atoms with Gasteiger partial charge in [0.05, 0.1) is 19.8 Å². The number of nitrogens with one attached hydrogen (secondary N) is 2. The molecule has 1 saturated heterocycles. The molecular weight excluding hydrogens is 312 g/mol. The third kappa shape index (κ3) is 7.45. The van der Waals surface area contributed by atoms with Crippen molar-refractivity contribution in [3.8, 4) is 0 Å². The molecule has 1 fully saturated rings. The first kappa shape index (κ1) is 19.7. The van der Waals surface area contributed by atoms with Crippen molar-refractivity contribution in [3.05, 3.63) is 35.9 Å². The fourth-order valence-electron chi connectivity index (χ4n) is 3.16. The molecule has 2 rings (SSSR count). The van der Waals surface area contributed by atoms with Crippen LogP contribution in [0.1, 0.15) is 32.8 Å². The molecule has 1 unspecified atom stereocenters. The van der Waals surface area contributed by atoms with Crippen molar-refractivity contribution in [2.75, 3.05) is 39.4 Å². The minimum Gasteiger partial charge on any atom is -0.379 e. The highest BCUT2D eigenvalue weighted by molar-refractivity contribution is 5.79. The third-order valence-corrected chi connectivity index (χ3v) is 4.42. The number of benzene rings is 1. The van der Waals surface area contributed by atoms with Crippen molar-refractivity contribution in [2.45, 2.75) is 39.8 Å². The topological polar surface area (TPSA) is 48.9 Å². The molecule has 0 aromatic heterocycles. The van der Waals surface area contributed by atoms with E-state index in [-0.39, 0.29) is 0 Å². The first-order valence-corrected chi connectivity index (χ1v) is 9.57. The van der Waals surface area contributed by atoms with Gasteiger partial charge in [0, 0.05) is 32.2 Å². The smallest absolute Gasteiger partial charge is 0.191 e. The van der Waals surface area contributed by atoms with Gasteiger partial charge in [0.25, 0.3) is 0 Å². The summed E-state index contributed by atoms with van der Waals surface area (Å²) in [5.41, 5.74) is 1.23. The molecule has 0 radical (unpaired) electrons. The van der Waals surface area contributed by atoms with Crippen molar-refractivity contribution < 1.29 is 4.74 Å². The van der Waals surface area contributed by atoms with E-state index in [0.29, 0.717) is 18.5 Å². The zero-order valence-electron chi connectivity index (χ0n) is 16.0. The van der Waals surface area contributed by atoms with E-state index in [1.807, 2.05) is 6.07 Å². The molecule has 1 aliphatic rings. The Labute approximate surface area is 152 Å². The molecule has 0 saturated carbocycles. The van der Waals surface area contributed by atoms with E-state index < -0.39 is 0 Å². The Hall–Kier alpha value is -1.59. The lowest BCUT2D eigenvalue weighted by molar-refractivity contribution is 0.0132. The van der Waals surface area contributed by atoms with Crippen LogP contribution in [0.4, 0.5) is 0 Å². The predicted molar refractivity (Wildman–Crippen MR) is 105 cm³/mol. The average Bonchev–Trinajstić information content (AvgIpc) is 2.64. The first-order valence-electron chi connectivity index (χ1n) is 9.57. The van der Waals surface area contributed by atoms with Gasteiger partial charge in [-0.2, -0.15) is 0 Å². The lowest BCUT2D eigenvalue weighted by Crippen LogP contribution is -2.51. The molecule has 2 N–H and O–H groups in total. The van der Waals surface area contributed by atoms with Gasteiger partial charge < -0.3 is 15.4 Å². The lowest BCUT2D eigenvalue weighted by atomic mass is 10.0. The molecule has 1 heterocycles. The van der Waals surface area contributed by atoms with E-state index in [9.17, 15) is 0 Å². The van der Waals surface area contributed by atoms with Crippen molar-refractivity contribution >= 4 is 5.96 Å². The number of morpholine rings is 1. The molecule has 1 atom stereocenters. The molecule has 25 heavy (non-hydrogen) atoms. The number of guanidine groups is 1. The zero-order valence-corrected chi connectivity index (χ0v) is 16.0. The monoisotopic (exact) mass is 346 g/mol. The second-order valence-electron chi connectivity index (χ2n) is 6.99. The maximum atomic E-state index is 5.51. The Morgan fingerprint density at radius 2 is 1.88 bits per heavy atom. The summed E-state index contributed by atoms with van der Waals surface area (Å²) in [5, 5.41) is 6.91. The molecule has 0 bridgehead atoms. The maximum absolute atomic E-state index is 5.51. The lowest BCUT2D eigenvalue weighted by Gasteiger charge is -2.35. The number of hydrogen-bond donors (Lipinski definition) is 2. The van der Waals surface area contributed by atoms with Gasteiger partial charge >= 0.3 is 0 Å². The van der Waals surface area contributed by atoms with Crippen LogP contribution in [0.15, 0.2) is 35.3 Å². The van der Waals surface area contributed by atoms with Crippen molar-refractivity contribution in [1.82, 2.24) is 15.5 Å². The van der Waals surface area contributed by atoms with Crippen LogP contribution >= 0.6 is 0 Å². The van der Waals surface area contributed by atoms with E-state index in [0.717, 1.165) is 45.4 Å². The van der Waals surface area contributed by atoms with Crippen molar-refractivity contribution in [1.29, 1.82) is 0 Å². The number of rotatable bonds is 8. The van der Waals surface area contributed by atoms with E-state index in [2.05, 4.69) is 60.6 Å². The molecule has 140 valence electrons. The van der Waals surface area contributed by atoms with Crippen LogP contribution in [0.25, 0.3) is 0 Å². The highest BCUT2D eigenvalue weighted by Gasteiger charge is 2.22. The summed E-state index contributed by atoms with van der Waals surface area (Å²) < 4.78 is 5.51. The Kier molecular flexibility index (Phi) is 8.77. The molecule has 0 spiro atoms. The van der Waals surface area contributed by atoms with Gasteiger partial charge in [0.15, 0.2) is 5.96 Å². The summed E-state index contributed by atoms with van der Waals surface area (Å²) in [6.45, 7) is 12.9. The van der Waals surface area contributed by atoms with Crippen LogP contribution in [0.5, 0.6) is 0 Å². The van der Waals surface area contributed by atoms with E-state index in [1.165, 1.54) is 12.0 Å². The van der Waals surface area contributed by atoms with E-state index in [1.54, 1.807) is 0 Å². The molecule has 1 aromatic rings. The first-order chi connectivity index (χ1) is 12.2. The van der Waals surface area contributed by atoms with Crippen molar-refractivity contribution in [2.24, 2.45) is 10.9 Å². The second kappa shape index (κ2) is 11.1. The van der Waals surface area contributed by atoms with Gasteiger partial charge in [-0.1, -0.05) is 44.2 Å².